The highest BCUT2D eigenvalue weighted by Gasteiger charge is 2.20. The molecule has 2 heterocycles. The Morgan fingerprint density at radius 2 is 2.13 bits per heavy atom. The molecule has 4 aromatic rings. The van der Waals surface area contributed by atoms with Crippen LogP contribution in [-0.4, -0.2) is 26.0 Å². The first kappa shape index (κ1) is 20.8. The Labute approximate surface area is 188 Å². The number of pyridine rings is 1. The third kappa shape index (κ3) is 4.08. The summed E-state index contributed by atoms with van der Waals surface area (Å²) in [4.78, 5) is 15.5. The lowest BCUT2D eigenvalue weighted by Gasteiger charge is -2.12. The van der Waals surface area contributed by atoms with Crippen molar-refractivity contribution in [1.82, 2.24) is 14.8 Å². The monoisotopic (exact) mass is 500 g/mol. The number of aromatic nitrogens is 3. The molecule has 0 radical (unpaired) electrons. The van der Waals surface area contributed by atoms with Gasteiger partial charge in [-0.05, 0) is 57.9 Å². The Hall–Kier alpha value is -3.48. The van der Waals surface area contributed by atoms with Gasteiger partial charge < -0.3 is 9.84 Å². The molecule has 0 aliphatic carbocycles. The van der Waals surface area contributed by atoms with Crippen molar-refractivity contribution in [1.29, 1.82) is 5.26 Å². The van der Waals surface area contributed by atoms with Gasteiger partial charge in [0.25, 0.3) is 0 Å². The van der Waals surface area contributed by atoms with E-state index in [4.69, 9.17) is 21.6 Å². The molecule has 1 N–H and O–H groups in total. The zero-order valence-electron chi connectivity index (χ0n) is 15.5. The number of halogens is 3. The largest absolute Gasteiger partial charge is 0.463 e. The molecule has 4 rings (SSSR count). The molecule has 31 heavy (non-hydrogen) atoms. The molecule has 0 saturated carbocycles. The van der Waals surface area contributed by atoms with Crippen LogP contribution in [0.5, 0.6) is 11.5 Å². The molecule has 0 saturated heterocycles. The first-order valence-corrected chi connectivity index (χ1v) is 9.96. The second-order valence-corrected chi connectivity index (χ2v) is 7.72. The number of nitriles is 1. The first-order valence-electron chi connectivity index (χ1n) is 8.78. The minimum Gasteiger partial charge on any atom is -0.463 e. The van der Waals surface area contributed by atoms with Crippen LogP contribution in [0.4, 0.5) is 9.18 Å². The van der Waals surface area contributed by atoms with Crippen molar-refractivity contribution < 1.29 is 19.0 Å². The third-order valence-electron chi connectivity index (χ3n) is 4.41. The first-order chi connectivity index (χ1) is 14.9. The van der Waals surface area contributed by atoms with Crippen LogP contribution < -0.4 is 4.74 Å². The van der Waals surface area contributed by atoms with Crippen molar-refractivity contribution in [2.75, 3.05) is 0 Å². The second kappa shape index (κ2) is 8.34. The summed E-state index contributed by atoms with van der Waals surface area (Å²) in [5, 5.41) is 23.3. The van der Waals surface area contributed by atoms with E-state index < -0.39 is 11.9 Å². The highest BCUT2D eigenvalue weighted by atomic mass is 79.9. The molecule has 154 valence electrons. The predicted octanol–water partition coefficient (Wildman–Crippen LogP) is 5.77. The van der Waals surface area contributed by atoms with Crippen LogP contribution in [0.3, 0.4) is 0 Å². The van der Waals surface area contributed by atoms with Crippen molar-refractivity contribution >= 4 is 44.7 Å². The van der Waals surface area contributed by atoms with Crippen molar-refractivity contribution in [3.8, 4) is 17.6 Å². The summed E-state index contributed by atoms with van der Waals surface area (Å²) in [7, 11) is 0. The average molecular weight is 502 g/mol. The Kier molecular flexibility index (Phi) is 5.59. The van der Waals surface area contributed by atoms with Crippen LogP contribution in [0.2, 0.25) is 5.02 Å². The summed E-state index contributed by atoms with van der Waals surface area (Å²) < 4.78 is 22.1. The quantitative estimate of drug-likeness (QED) is 0.381. The predicted molar refractivity (Wildman–Crippen MR) is 114 cm³/mol. The molecule has 0 aliphatic heterocycles. The van der Waals surface area contributed by atoms with Gasteiger partial charge in [0.05, 0.1) is 21.8 Å². The highest BCUT2D eigenvalue weighted by molar-refractivity contribution is 9.10. The minimum atomic E-state index is -1.29. The Morgan fingerprint density at radius 3 is 2.87 bits per heavy atom. The summed E-state index contributed by atoms with van der Waals surface area (Å²) in [5.74, 6) is -0.552. The van der Waals surface area contributed by atoms with Crippen molar-refractivity contribution in [3.63, 3.8) is 0 Å². The summed E-state index contributed by atoms with van der Waals surface area (Å²) in [6.45, 7) is 0. The molecule has 0 amide bonds. The second-order valence-electron chi connectivity index (χ2n) is 6.43. The van der Waals surface area contributed by atoms with Crippen molar-refractivity contribution in [2.45, 2.75) is 6.42 Å². The zero-order chi connectivity index (χ0) is 22.1. The van der Waals surface area contributed by atoms with E-state index in [0.717, 1.165) is 4.68 Å². The lowest BCUT2D eigenvalue weighted by atomic mass is 10.1. The van der Waals surface area contributed by atoms with Gasteiger partial charge in [-0.25, -0.2) is 14.2 Å². The van der Waals surface area contributed by atoms with Crippen LogP contribution >= 0.6 is 27.5 Å². The van der Waals surface area contributed by atoms with E-state index in [0.29, 0.717) is 15.6 Å². The molecule has 2 aromatic heterocycles. The summed E-state index contributed by atoms with van der Waals surface area (Å²) in [5.41, 5.74) is 1.03. The van der Waals surface area contributed by atoms with E-state index >= 15 is 4.39 Å². The Morgan fingerprint density at radius 1 is 1.32 bits per heavy atom. The number of rotatable bonds is 4. The molecule has 0 aliphatic rings. The van der Waals surface area contributed by atoms with Crippen LogP contribution in [0.1, 0.15) is 16.8 Å². The number of hydrogen-bond donors (Lipinski definition) is 1. The number of fused-ring (bicyclic) bond motifs is 1. The van der Waals surface area contributed by atoms with Crippen molar-refractivity contribution in [2.24, 2.45) is 0 Å². The van der Waals surface area contributed by atoms with Gasteiger partial charge in [-0.1, -0.05) is 17.7 Å². The molecule has 0 fully saturated rings. The lowest BCUT2D eigenvalue weighted by Crippen LogP contribution is -2.10. The zero-order valence-corrected chi connectivity index (χ0v) is 17.9. The van der Waals surface area contributed by atoms with Crippen LogP contribution in [-0.2, 0) is 6.42 Å². The standard InChI is InChI=1S/C21H11BrClFN4O3/c22-16-4-3-12(8-17-15-2-1-5-26-20(15)28(27-17)21(29)30)18(24)19(16)31-14-7-11(10-25)6-13(23)9-14/h1-7,9H,8H2,(H,29,30). The molecular weight excluding hydrogens is 491 g/mol. The maximum atomic E-state index is 15.3. The average Bonchev–Trinajstić information content (AvgIpc) is 3.11. The molecule has 0 unspecified atom stereocenters. The fourth-order valence-corrected chi connectivity index (χ4v) is 3.68. The number of ether oxygens (including phenoxy) is 1. The van der Waals surface area contributed by atoms with Gasteiger partial charge in [0.2, 0.25) is 0 Å². The Bertz CT molecular complexity index is 1380. The van der Waals surface area contributed by atoms with Crippen LogP contribution in [0.15, 0.2) is 53.1 Å². The SMILES string of the molecule is N#Cc1cc(Cl)cc(Oc2c(Br)ccc(Cc3nn(C(=O)O)c4ncccc34)c2F)c1. The molecular formula is C21H11BrClFN4O3. The maximum absolute atomic E-state index is 15.3. The molecule has 10 heteroatoms. The number of hydrogen-bond acceptors (Lipinski definition) is 5. The van der Waals surface area contributed by atoms with Gasteiger partial charge >= 0.3 is 6.09 Å². The van der Waals surface area contributed by atoms with Crippen LogP contribution in [0.25, 0.3) is 11.0 Å². The smallest absolute Gasteiger partial charge is 0.434 e. The molecule has 0 bridgehead atoms. The van der Waals surface area contributed by atoms with Gasteiger partial charge in [-0.3, -0.25) is 0 Å². The van der Waals surface area contributed by atoms with Crippen molar-refractivity contribution in [3.05, 3.63) is 80.8 Å². The van der Waals surface area contributed by atoms with Gasteiger partial charge in [-0.15, -0.1) is 4.68 Å². The van der Waals surface area contributed by atoms with E-state index in [1.54, 1.807) is 24.3 Å². The third-order valence-corrected chi connectivity index (χ3v) is 5.25. The normalized spacial score (nSPS) is 10.8. The van der Waals surface area contributed by atoms with Gasteiger partial charge in [-0.2, -0.15) is 10.4 Å². The van der Waals surface area contributed by atoms with E-state index in [1.165, 1.54) is 24.4 Å². The number of nitrogens with zero attached hydrogens (tertiary/aromatic N) is 4. The number of benzene rings is 2. The number of carboxylic acid groups (broad SMARTS) is 1. The summed E-state index contributed by atoms with van der Waals surface area (Å²) in [6.07, 6.45) is 0.182. The van der Waals surface area contributed by atoms with Gasteiger partial charge in [0.1, 0.15) is 5.75 Å². The lowest BCUT2D eigenvalue weighted by molar-refractivity contribution is 0.193. The fourth-order valence-electron chi connectivity index (χ4n) is 3.06. The Balaban J connectivity index is 1.74. The topological polar surface area (TPSA) is 101 Å². The van der Waals surface area contributed by atoms with E-state index in [1.807, 2.05) is 6.07 Å². The maximum Gasteiger partial charge on any atom is 0.434 e. The molecule has 0 atom stereocenters. The van der Waals surface area contributed by atoms with Gasteiger partial charge in [0.15, 0.2) is 17.2 Å². The highest BCUT2D eigenvalue weighted by Crippen LogP contribution is 2.36. The van der Waals surface area contributed by atoms with E-state index in [2.05, 4.69) is 26.0 Å². The fraction of sp³-hybridized carbons (Fsp3) is 0.0476. The van der Waals surface area contributed by atoms with Crippen LogP contribution in [0, 0.1) is 17.1 Å². The minimum absolute atomic E-state index is 0.0109. The molecule has 7 nitrogen and oxygen atoms in total. The van der Waals surface area contributed by atoms with E-state index in [-0.39, 0.29) is 39.7 Å². The summed E-state index contributed by atoms with van der Waals surface area (Å²) in [6, 6.07) is 12.8. The van der Waals surface area contributed by atoms with Gasteiger partial charge in [0, 0.05) is 23.0 Å². The van der Waals surface area contributed by atoms with E-state index in [9.17, 15) is 9.90 Å². The summed E-state index contributed by atoms with van der Waals surface area (Å²) >= 11 is 9.27. The molecule has 0 spiro atoms. The number of carbonyl (C=O) groups is 1. The molecule has 2 aromatic carbocycles.